The van der Waals surface area contributed by atoms with Gasteiger partial charge < -0.3 is 0 Å². The Morgan fingerprint density at radius 1 is 0.404 bits per heavy atom. The minimum Gasteiger partial charge on any atom is -0.295 e. The minimum absolute atomic E-state index is 0.0394. The molecule has 0 aliphatic carbocycles. The summed E-state index contributed by atoms with van der Waals surface area (Å²) in [5.74, 6) is 1.82. The molecule has 2 heterocycles. The van der Waals surface area contributed by atoms with E-state index < -0.39 is 0 Å². The van der Waals surface area contributed by atoms with Crippen LogP contribution >= 0.6 is 0 Å². The average Bonchev–Trinajstić information content (AvgIpc) is 3.43. The van der Waals surface area contributed by atoms with Crippen molar-refractivity contribution in [3.8, 4) is 67.5 Å². The van der Waals surface area contributed by atoms with E-state index in [4.69, 9.17) is 15.0 Å². The third-order valence-corrected chi connectivity index (χ3v) is 9.86. The van der Waals surface area contributed by atoms with E-state index in [1.165, 1.54) is 27.5 Å². The highest BCUT2D eigenvalue weighted by Crippen LogP contribution is 2.39. The van der Waals surface area contributed by atoms with E-state index in [1.807, 2.05) is 48.5 Å². The van der Waals surface area contributed by atoms with Gasteiger partial charge in [-0.3, -0.25) is 9.13 Å². The van der Waals surface area contributed by atoms with Crippen LogP contribution in [0.15, 0.2) is 169 Å². The first-order chi connectivity index (χ1) is 25.5. The summed E-state index contributed by atoms with van der Waals surface area (Å²) in [6, 6.07) is 56.5. The molecule has 0 saturated heterocycles. The third kappa shape index (κ3) is 5.47. The van der Waals surface area contributed by atoms with Crippen LogP contribution in [0.1, 0.15) is 0 Å². The second-order valence-electron chi connectivity index (χ2n) is 13.0. The van der Waals surface area contributed by atoms with Crippen LogP contribution in [0.5, 0.6) is 0 Å². The lowest BCUT2D eigenvalue weighted by Gasteiger charge is -2.15. The van der Waals surface area contributed by atoms with Gasteiger partial charge in [0.15, 0.2) is 17.5 Å². The molecule has 9 rings (SSSR count). The van der Waals surface area contributed by atoms with Crippen LogP contribution in [0.2, 0.25) is 0 Å². The molecule has 0 N–H and O–H groups in total. The molecule has 0 spiro atoms. The number of aryl methyl sites for hydroxylation is 2. The number of fused-ring (bicyclic) bond motifs is 2. The molecule has 9 aromatic rings. The van der Waals surface area contributed by atoms with Crippen molar-refractivity contribution in [2.24, 2.45) is 14.1 Å². The molecule has 6 nitrogen and oxygen atoms in total. The van der Waals surface area contributed by atoms with Crippen molar-refractivity contribution < 1.29 is 0 Å². The van der Waals surface area contributed by atoms with Gasteiger partial charge in [0.25, 0.3) is 0 Å². The van der Waals surface area contributed by atoms with Gasteiger partial charge >= 0.3 is 5.69 Å². The molecule has 7 aromatic carbocycles. The maximum Gasteiger partial charge on any atom is 0.328 e. The van der Waals surface area contributed by atoms with Crippen molar-refractivity contribution in [1.29, 1.82) is 0 Å². The van der Waals surface area contributed by atoms with E-state index in [-0.39, 0.29) is 5.69 Å². The largest absolute Gasteiger partial charge is 0.328 e. The van der Waals surface area contributed by atoms with E-state index in [0.29, 0.717) is 17.5 Å². The summed E-state index contributed by atoms with van der Waals surface area (Å²) < 4.78 is 3.35. The first kappa shape index (κ1) is 31.1. The predicted octanol–water partition coefficient (Wildman–Crippen LogP) is 10.2. The normalized spacial score (nSPS) is 11.3. The van der Waals surface area contributed by atoms with Gasteiger partial charge in [-0.25, -0.2) is 19.7 Å². The van der Waals surface area contributed by atoms with Gasteiger partial charge in [0.05, 0.1) is 11.0 Å². The highest BCUT2D eigenvalue weighted by Gasteiger charge is 2.16. The van der Waals surface area contributed by atoms with E-state index >= 15 is 0 Å². The van der Waals surface area contributed by atoms with Gasteiger partial charge in [-0.1, -0.05) is 152 Å². The van der Waals surface area contributed by atoms with Crippen molar-refractivity contribution in [1.82, 2.24) is 24.1 Å². The van der Waals surface area contributed by atoms with Gasteiger partial charge in [-0.2, -0.15) is 0 Å². The number of imidazole rings is 1. The fourth-order valence-corrected chi connectivity index (χ4v) is 7.08. The lowest BCUT2D eigenvalue weighted by Crippen LogP contribution is -2.19. The summed E-state index contributed by atoms with van der Waals surface area (Å²) in [5.41, 5.74) is 11.2. The van der Waals surface area contributed by atoms with Crippen molar-refractivity contribution in [3.05, 3.63) is 174 Å². The van der Waals surface area contributed by atoms with E-state index in [1.54, 1.807) is 23.2 Å². The Balaban J connectivity index is 1.12. The molecule has 0 fully saturated rings. The summed E-state index contributed by atoms with van der Waals surface area (Å²) in [5, 5.41) is 2.41. The molecule has 0 amide bonds. The first-order valence-corrected chi connectivity index (χ1v) is 17.3. The summed E-state index contributed by atoms with van der Waals surface area (Å²) in [6.45, 7) is 0. The molecule has 0 saturated carbocycles. The number of nitrogens with zero attached hydrogens (tertiary/aromatic N) is 5. The molecular formula is C46H33N5O. The number of benzene rings is 7. The molecule has 2 aromatic heterocycles. The highest BCUT2D eigenvalue weighted by molar-refractivity contribution is 6.04. The zero-order valence-electron chi connectivity index (χ0n) is 28.7. The molecule has 0 bridgehead atoms. The standard InChI is InChI=1S/C46H33N5O/c1-50-40-28-26-37(29-41(40)51(2)46(50)52)30-17-21-35(22-18-30)44-47-43(34-14-7-4-8-15-34)48-45(49-44)36-23-19-33(20-24-36)42-38-16-10-9-13-32(38)25-27-39(42)31-11-5-3-6-12-31/h3-29H,1-2H3. The topological polar surface area (TPSA) is 65.6 Å². The van der Waals surface area contributed by atoms with Gasteiger partial charge in [0, 0.05) is 30.8 Å². The lowest BCUT2D eigenvalue weighted by atomic mass is 9.89. The molecule has 0 unspecified atom stereocenters. The summed E-state index contributed by atoms with van der Waals surface area (Å²) in [6.07, 6.45) is 0. The molecule has 0 radical (unpaired) electrons. The number of hydrogen-bond donors (Lipinski definition) is 0. The van der Waals surface area contributed by atoms with E-state index in [9.17, 15) is 4.79 Å². The van der Waals surface area contributed by atoms with Gasteiger partial charge in [-0.15, -0.1) is 0 Å². The van der Waals surface area contributed by atoms with E-state index in [0.717, 1.165) is 44.4 Å². The molecule has 0 atom stereocenters. The van der Waals surface area contributed by atoms with Crippen LogP contribution < -0.4 is 5.69 Å². The van der Waals surface area contributed by atoms with Crippen LogP contribution in [-0.4, -0.2) is 24.1 Å². The molecule has 52 heavy (non-hydrogen) atoms. The minimum atomic E-state index is -0.0394. The second-order valence-corrected chi connectivity index (χ2v) is 13.0. The zero-order valence-corrected chi connectivity index (χ0v) is 28.7. The van der Waals surface area contributed by atoms with Gasteiger partial charge in [0.2, 0.25) is 0 Å². The Kier molecular flexibility index (Phi) is 7.63. The fourth-order valence-electron chi connectivity index (χ4n) is 7.08. The lowest BCUT2D eigenvalue weighted by molar-refractivity contribution is 0.795. The highest BCUT2D eigenvalue weighted by atomic mass is 16.1. The Bertz CT molecular complexity index is 2800. The third-order valence-electron chi connectivity index (χ3n) is 9.86. The maximum atomic E-state index is 12.5. The van der Waals surface area contributed by atoms with Gasteiger partial charge in [0.1, 0.15) is 0 Å². The molecule has 6 heteroatoms. The van der Waals surface area contributed by atoms with Crippen molar-refractivity contribution in [2.45, 2.75) is 0 Å². The number of hydrogen-bond acceptors (Lipinski definition) is 4. The molecular weight excluding hydrogens is 639 g/mol. The van der Waals surface area contributed by atoms with Crippen LogP contribution in [0.3, 0.4) is 0 Å². The predicted molar refractivity (Wildman–Crippen MR) is 212 cm³/mol. The van der Waals surface area contributed by atoms with Crippen molar-refractivity contribution in [2.75, 3.05) is 0 Å². The number of aromatic nitrogens is 5. The zero-order chi connectivity index (χ0) is 35.2. The van der Waals surface area contributed by atoms with Crippen molar-refractivity contribution in [3.63, 3.8) is 0 Å². The van der Waals surface area contributed by atoms with Gasteiger partial charge in [-0.05, 0) is 56.3 Å². The Morgan fingerprint density at radius 3 is 1.52 bits per heavy atom. The van der Waals surface area contributed by atoms with Crippen molar-refractivity contribution >= 4 is 21.8 Å². The SMILES string of the molecule is Cn1c(=O)n(C)c2cc(-c3ccc(-c4nc(-c5ccccc5)nc(-c5ccc(-c6c(-c7ccccc7)ccc7ccccc67)cc5)n4)cc3)ccc21. The summed E-state index contributed by atoms with van der Waals surface area (Å²) in [7, 11) is 3.60. The molecule has 0 aliphatic rings. The Labute approximate surface area is 301 Å². The quantitative estimate of drug-likeness (QED) is 0.177. The monoisotopic (exact) mass is 671 g/mol. The first-order valence-electron chi connectivity index (χ1n) is 17.3. The average molecular weight is 672 g/mol. The molecule has 0 aliphatic heterocycles. The molecule has 248 valence electrons. The van der Waals surface area contributed by atoms with Crippen LogP contribution in [0.4, 0.5) is 0 Å². The van der Waals surface area contributed by atoms with Crippen LogP contribution in [0.25, 0.3) is 89.4 Å². The second kappa shape index (κ2) is 12.8. The van der Waals surface area contributed by atoms with Crippen LogP contribution in [-0.2, 0) is 14.1 Å². The maximum absolute atomic E-state index is 12.5. The fraction of sp³-hybridized carbons (Fsp3) is 0.0435. The summed E-state index contributed by atoms with van der Waals surface area (Å²) in [4.78, 5) is 27.4. The number of rotatable bonds is 6. The smallest absolute Gasteiger partial charge is 0.295 e. The van der Waals surface area contributed by atoms with Crippen LogP contribution in [0, 0.1) is 0 Å². The van der Waals surface area contributed by atoms with E-state index in [2.05, 4.69) is 115 Å². The summed E-state index contributed by atoms with van der Waals surface area (Å²) >= 11 is 0. The Hall–Kier alpha value is -6.92. The Morgan fingerprint density at radius 2 is 0.885 bits per heavy atom.